The lowest BCUT2D eigenvalue weighted by Crippen LogP contribution is -2.45. The van der Waals surface area contributed by atoms with E-state index in [2.05, 4.69) is 10.3 Å². The molecule has 1 aliphatic heterocycles. The summed E-state index contributed by atoms with van der Waals surface area (Å²) in [6, 6.07) is 0. The van der Waals surface area contributed by atoms with Gasteiger partial charge in [-0.2, -0.15) is 0 Å². The van der Waals surface area contributed by atoms with E-state index in [4.69, 9.17) is 5.73 Å². The molecule has 0 saturated carbocycles. The standard InChI is InChI=1S/C12H25N3O2S/c1-12(2,3)15-11(13)14-7-4-10-5-8-18(16,17)9-6-10/h10H,4-9H2,1-3H3,(H3,13,14,15). The van der Waals surface area contributed by atoms with E-state index in [1.165, 1.54) is 0 Å². The number of aliphatic imine (C=N–C) groups is 1. The number of hydrogen-bond acceptors (Lipinski definition) is 3. The van der Waals surface area contributed by atoms with E-state index in [0.717, 1.165) is 19.3 Å². The van der Waals surface area contributed by atoms with Crippen molar-refractivity contribution in [1.82, 2.24) is 5.32 Å². The second kappa shape index (κ2) is 5.91. The Balaban J connectivity index is 2.28. The summed E-state index contributed by atoms with van der Waals surface area (Å²) >= 11 is 0. The van der Waals surface area contributed by atoms with Crippen LogP contribution < -0.4 is 11.1 Å². The van der Waals surface area contributed by atoms with E-state index >= 15 is 0 Å². The molecular formula is C12H25N3O2S. The van der Waals surface area contributed by atoms with Gasteiger partial charge in [-0.3, -0.25) is 4.99 Å². The van der Waals surface area contributed by atoms with Crippen LogP contribution in [0, 0.1) is 5.92 Å². The highest BCUT2D eigenvalue weighted by Gasteiger charge is 2.23. The van der Waals surface area contributed by atoms with Crippen LogP contribution in [0.2, 0.25) is 0 Å². The van der Waals surface area contributed by atoms with Crippen molar-refractivity contribution in [3.63, 3.8) is 0 Å². The molecule has 0 bridgehead atoms. The molecule has 1 fully saturated rings. The van der Waals surface area contributed by atoms with E-state index in [-0.39, 0.29) is 5.54 Å². The maximum atomic E-state index is 11.3. The molecule has 3 N–H and O–H groups in total. The first-order chi connectivity index (χ1) is 8.18. The molecule has 0 spiro atoms. The Bertz CT molecular complexity index is 382. The molecule has 18 heavy (non-hydrogen) atoms. The SMILES string of the molecule is CC(C)(C)NC(N)=NCCC1CCS(=O)(=O)CC1. The monoisotopic (exact) mass is 275 g/mol. The molecule has 6 heteroatoms. The number of sulfone groups is 1. The molecular weight excluding hydrogens is 250 g/mol. The van der Waals surface area contributed by atoms with E-state index < -0.39 is 9.84 Å². The maximum absolute atomic E-state index is 11.3. The predicted molar refractivity (Wildman–Crippen MR) is 75.4 cm³/mol. The number of nitrogens with two attached hydrogens (primary N) is 1. The Hall–Kier alpha value is -0.780. The van der Waals surface area contributed by atoms with Crippen molar-refractivity contribution in [2.24, 2.45) is 16.6 Å². The molecule has 1 rings (SSSR count). The van der Waals surface area contributed by atoms with Gasteiger partial charge in [0.25, 0.3) is 0 Å². The quantitative estimate of drug-likeness (QED) is 0.592. The van der Waals surface area contributed by atoms with Crippen molar-refractivity contribution >= 4 is 15.8 Å². The minimum absolute atomic E-state index is 0.0769. The van der Waals surface area contributed by atoms with Gasteiger partial charge >= 0.3 is 0 Å². The fourth-order valence-electron chi connectivity index (χ4n) is 2.02. The van der Waals surface area contributed by atoms with Gasteiger partial charge in [0, 0.05) is 12.1 Å². The highest BCUT2D eigenvalue weighted by atomic mass is 32.2. The molecule has 0 aromatic carbocycles. The molecule has 0 amide bonds. The second-order valence-corrected chi connectivity index (χ2v) is 8.33. The van der Waals surface area contributed by atoms with E-state index in [1.54, 1.807) is 0 Å². The van der Waals surface area contributed by atoms with Gasteiger partial charge in [0.1, 0.15) is 9.84 Å². The summed E-state index contributed by atoms with van der Waals surface area (Å²) in [6.07, 6.45) is 2.46. The number of nitrogens with one attached hydrogen (secondary N) is 1. The average Bonchev–Trinajstić information content (AvgIpc) is 2.18. The van der Waals surface area contributed by atoms with Gasteiger partial charge in [-0.15, -0.1) is 0 Å². The Morgan fingerprint density at radius 1 is 1.33 bits per heavy atom. The zero-order valence-electron chi connectivity index (χ0n) is 11.6. The third-order valence-electron chi connectivity index (χ3n) is 3.00. The van der Waals surface area contributed by atoms with E-state index in [0.29, 0.717) is 29.9 Å². The minimum Gasteiger partial charge on any atom is -0.370 e. The van der Waals surface area contributed by atoms with Crippen molar-refractivity contribution < 1.29 is 8.42 Å². The summed E-state index contributed by atoms with van der Waals surface area (Å²) < 4.78 is 22.6. The van der Waals surface area contributed by atoms with Crippen molar-refractivity contribution in [3.05, 3.63) is 0 Å². The number of hydrogen-bond donors (Lipinski definition) is 2. The highest BCUT2D eigenvalue weighted by molar-refractivity contribution is 7.91. The summed E-state index contributed by atoms with van der Waals surface area (Å²) in [5, 5.41) is 3.10. The van der Waals surface area contributed by atoms with Gasteiger partial charge < -0.3 is 11.1 Å². The normalized spacial score (nSPS) is 21.8. The predicted octanol–water partition coefficient (Wildman–Crippen LogP) is 0.904. The van der Waals surface area contributed by atoms with Gasteiger partial charge in [-0.05, 0) is 46.0 Å². The lowest BCUT2D eigenvalue weighted by Gasteiger charge is -2.22. The Kier molecular flexibility index (Phi) is 5.01. The van der Waals surface area contributed by atoms with Crippen LogP contribution in [0.15, 0.2) is 4.99 Å². The lowest BCUT2D eigenvalue weighted by molar-refractivity contribution is 0.440. The third-order valence-corrected chi connectivity index (χ3v) is 4.71. The smallest absolute Gasteiger partial charge is 0.188 e. The topological polar surface area (TPSA) is 84.5 Å². The summed E-state index contributed by atoms with van der Waals surface area (Å²) in [7, 11) is -2.75. The highest BCUT2D eigenvalue weighted by Crippen LogP contribution is 2.21. The molecule has 5 nitrogen and oxygen atoms in total. The van der Waals surface area contributed by atoms with Crippen LogP contribution in [0.3, 0.4) is 0 Å². The summed E-state index contributed by atoms with van der Waals surface area (Å²) in [5.74, 6) is 1.60. The molecule has 1 aliphatic rings. The Morgan fingerprint density at radius 3 is 2.39 bits per heavy atom. The van der Waals surface area contributed by atoms with Crippen molar-refractivity contribution in [1.29, 1.82) is 0 Å². The van der Waals surface area contributed by atoms with Gasteiger partial charge in [0.05, 0.1) is 11.5 Å². The van der Waals surface area contributed by atoms with Crippen molar-refractivity contribution in [2.75, 3.05) is 18.1 Å². The molecule has 0 aliphatic carbocycles. The van der Waals surface area contributed by atoms with Crippen LogP contribution in [-0.4, -0.2) is 38.0 Å². The fourth-order valence-corrected chi connectivity index (χ4v) is 3.61. The lowest BCUT2D eigenvalue weighted by atomic mass is 9.99. The molecule has 1 heterocycles. The van der Waals surface area contributed by atoms with Crippen LogP contribution in [0.4, 0.5) is 0 Å². The number of rotatable bonds is 3. The largest absolute Gasteiger partial charge is 0.370 e. The molecule has 0 atom stereocenters. The zero-order chi connectivity index (χ0) is 13.8. The van der Waals surface area contributed by atoms with Gasteiger partial charge in [-0.25, -0.2) is 8.42 Å². The summed E-state index contributed by atoms with van der Waals surface area (Å²) in [6.45, 7) is 6.75. The molecule has 0 radical (unpaired) electrons. The first-order valence-electron chi connectivity index (χ1n) is 6.46. The van der Waals surface area contributed by atoms with Crippen LogP contribution in [0.25, 0.3) is 0 Å². The van der Waals surface area contributed by atoms with Gasteiger partial charge in [-0.1, -0.05) is 0 Å². The fraction of sp³-hybridized carbons (Fsp3) is 0.917. The minimum atomic E-state index is -2.75. The first-order valence-corrected chi connectivity index (χ1v) is 8.29. The molecule has 106 valence electrons. The second-order valence-electron chi connectivity index (χ2n) is 6.03. The number of guanidine groups is 1. The van der Waals surface area contributed by atoms with Crippen LogP contribution in [0.5, 0.6) is 0 Å². The van der Waals surface area contributed by atoms with Crippen molar-refractivity contribution in [2.45, 2.75) is 45.6 Å². The molecule has 0 aromatic heterocycles. The van der Waals surface area contributed by atoms with Crippen molar-refractivity contribution in [3.8, 4) is 0 Å². The maximum Gasteiger partial charge on any atom is 0.188 e. The third kappa shape index (κ3) is 6.23. The first kappa shape index (κ1) is 15.3. The zero-order valence-corrected chi connectivity index (χ0v) is 12.4. The van der Waals surface area contributed by atoms with Gasteiger partial charge in [0.15, 0.2) is 5.96 Å². The van der Waals surface area contributed by atoms with Gasteiger partial charge in [0.2, 0.25) is 0 Å². The Labute approximate surface area is 110 Å². The molecule has 0 aromatic rings. The molecule has 0 unspecified atom stereocenters. The Morgan fingerprint density at radius 2 is 1.89 bits per heavy atom. The van der Waals surface area contributed by atoms with Crippen LogP contribution >= 0.6 is 0 Å². The molecule has 1 saturated heterocycles. The average molecular weight is 275 g/mol. The van der Waals surface area contributed by atoms with Crippen LogP contribution in [-0.2, 0) is 9.84 Å². The van der Waals surface area contributed by atoms with Crippen LogP contribution in [0.1, 0.15) is 40.0 Å². The number of nitrogens with zero attached hydrogens (tertiary/aromatic N) is 1. The summed E-state index contributed by atoms with van der Waals surface area (Å²) in [5.41, 5.74) is 5.68. The van der Waals surface area contributed by atoms with E-state index in [9.17, 15) is 8.42 Å². The van der Waals surface area contributed by atoms with E-state index in [1.807, 2.05) is 20.8 Å². The summed E-state index contributed by atoms with van der Waals surface area (Å²) in [4.78, 5) is 4.27.